The minimum atomic E-state index is -2.16. The summed E-state index contributed by atoms with van der Waals surface area (Å²) in [7, 11) is -1.89. The van der Waals surface area contributed by atoms with E-state index in [4.69, 9.17) is 18.5 Å². The first kappa shape index (κ1) is 34.2. The van der Waals surface area contributed by atoms with E-state index in [-0.39, 0.29) is 41.5 Å². The maximum Gasteiger partial charge on any atom is 0.280 e. The van der Waals surface area contributed by atoms with Crippen LogP contribution in [0.5, 0.6) is 0 Å². The second-order valence-electron chi connectivity index (χ2n) is 13.6. The summed E-state index contributed by atoms with van der Waals surface area (Å²) in [5, 5.41) is 5.48. The van der Waals surface area contributed by atoms with Gasteiger partial charge in [-0.2, -0.15) is 4.98 Å². The molecule has 12 nitrogen and oxygen atoms in total. The highest BCUT2D eigenvalue weighted by Crippen LogP contribution is 2.59. The third-order valence-electron chi connectivity index (χ3n) is 10.2. The largest absolute Gasteiger partial charge is 0.374 e. The number of amides is 1. The van der Waals surface area contributed by atoms with Crippen LogP contribution >= 0.6 is 8.53 Å². The number of benzene rings is 2. The number of methoxy groups -OCH3 is 1. The van der Waals surface area contributed by atoms with E-state index in [0.717, 1.165) is 25.4 Å². The van der Waals surface area contributed by atoms with Gasteiger partial charge in [-0.3, -0.25) is 24.5 Å². The molecule has 0 radical (unpaired) electrons. The van der Waals surface area contributed by atoms with Gasteiger partial charge in [0, 0.05) is 25.6 Å². The Kier molecular flexibility index (Phi) is 9.86. The summed E-state index contributed by atoms with van der Waals surface area (Å²) in [5.41, 5.74) is -0.0160. The monoisotopic (exact) mass is 704 g/mol. The van der Waals surface area contributed by atoms with E-state index < -0.39 is 40.6 Å². The molecule has 5 heterocycles. The predicted molar refractivity (Wildman–Crippen MR) is 192 cm³/mol. The molecule has 0 saturated carbocycles. The Morgan fingerprint density at radius 3 is 2.43 bits per heavy atom. The van der Waals surface area contributed by atoms with E-state index in [1.807, 2.05) is 0 Å². The van der Waals surface area contributed by atoms with Gasteiger partial charge in [0.05, 0.1) is 18.5 Å². The third kappa shape index (κ3) is 6.42. The number of hydrogen-bond donors (Lipinski definition) is 2. The predicted octanol–water partition coefficient (Wildman–Crippen LogP) is 4.40. The van der Waals surface area contributed by atoms with Gasteiger partial charge in [-0.15, -0.1) is 0 Å². The van der Waals surface area contributed by atoms with Gasteiger partial charge in [-0.1, -0.05) is 98.4 Å². The highest BCUT2D eigenvalue weighted by molar-refractivity contribution is 7.45. The van der Waals surface area contributed by atoms with E-state index in [1.54, 1.807) is 25.5 Å². The summed E-state index contributed by atoms with van der Waals surface area (Å²) < 4.78 is 30.8. The van der Waals surface area contributed by atoms with E-state index >= 15 is 0 Å². The van der Waals surface area contributed by atoms with Crippen LogP contribution in [0.4, 0.5) is 5.95 Å². The number of imidazole rings is 1. The smallest absolute Gasteiger partial charge is 0.280 e. The van der Waals surface area contributed by atoms with Gasteiger partial charge < -0.3 is 18.5 Å². The Hall–Kier alpha value is -3.29. The summed E-state index contributed by atoms with van der Waals surface area (Å²) in [4.78, 5) is 36.8. The Morgan fingerprint density at radius 2 is 1.80 bits per heavy atom. The highest BCUT2D eigenvalue weighted by Gasteiger charge is 2.54. The number of rotatable bonds is 11. The number of hydrogen-bond acceptors (Lipinski definition) is 9. The first-order valence-corrected chi connectivity index (χ1v) is 21.0. The number of nitrogens with one attached hydrogen (secondary N) is 2. The van der Waals surface area contributed by atoms with Gasteiger partial charge in [0.15, 0.2) is 17.4 Å². The number of H-pyrrole nitrogens is 1. The second-order valence-corrected chi connectivity index (χ2v) is 19.3. The molecule has 14 heteroatoms. The van der Waals surface area contributed by atoms with Crippen LogP contribution in [0.15, 0.2) is 71.8 Å². The molecule has 3 aliphatic rings. The van der Waals surface area contributed by atoms with Crippen molar-refractivity contribution in [3.05, 3.63) is 77.3 Å². The number of nitrogens with zero attached hydrogens (tertiary/aromatic N) is 4. The Morgan fingerprint density at radius 1 is 1.10 bits per heavy atom. The van der Waals surface area contributed by atoms with Crippen molar-refractivity contribution in [2.75, 3.05) is 19.0 Å². The maximum absolute atomic E-state index is 12.9. The number of aromatic nitrogens is 4. The van der Waals surface area contributed by atoms with Crippen molar-refractivity contribution in [3.63, 3.8) is 0 Å². The summed E-state index contributed by atoms with van der Waals surface area (Å²) >= 11 is 0. The zero-order valence-corrected chi connectivity index (χ0v) is 30.5. The van der Waals surface area contributed by atoms with Crippen LogP contribution in [-0.4, -0.2) is 82.3 Å². The van der Waals surface area contributed by atoms with Crippen LogP contribution in [-0.2, 0) is 23.3 Å². The van der Waals surface area contributed by atoms with E-state index in [2.05, 4.69) is 99.1 Å². The summed E-state index contributed by atoms with van der Waals surface area (Å²) in [6.07, 6.45) is 2.51. The first-order chi connectivity index (χ1) is 23.7. The lowest BCUT2D eigenvalue weighted by Gasteiger charge is -2.32. The number of anilines is 1. The van der Waals surface area contributed by atoms with Crippen LogP contribution in [0.3, 0.4) is 0 Å². The van der Waals surface area contributed by atoms with Crippen LogP contribution in [0.1, 0.15) is 46.3 Å². The Balaban J connectivity index is 1.15. The van der Waals surface area contributed by atoms with Gasteiger partial charge >= 0.3 is 0 Å². The van der Waals surface area contributed by atoms with Gasteiger partial charge in [0.25, 0.3) is 14.1 Å². The molecule has 7 atom stereocenters. The highest BCUT2D eigenvalue weighted by atomic mass is 31.2. The first-order valence-electron chi connectivity index (χ1n) is 17.2. The fourth-order valence-corrected chi connectivity index (χ4v) is 13.4. The molecule has 3 saturated heterocycles. The van der Waals surface area contributed by atoms with Crippen molar-refractivity contribution < 1.29 is 23.3 Å². The van der Waals surface area contributed by atoms with Crippen molar-refractivity contribution in [2.24, 2.45) is 5.92 Å². The fraction of sp³-hybridized carbons (Fsp3) is 0.486. The standard InChI is InChI=1S/C35H45N6O6PSi/c1-6-26-29(30(44-4)34(45-26)40-21-36-28-31(40)37-35(39-33(28)43)38-32(42)22(2)3)47-48-41-19-13-18-25(41)27(46-48)20-49(5,23-14-9-7-10-15-23)24-16-11-8-12-17-24/h7-12,14-17,21-22,25-27,29-30,34H,6,13,18-20H2,1-5H3,(H2,37,38,39,42,43)/t25-,26+,27+,29?,30-,34+,48+/m0/s1. The van der Waals surface area contributed by atoms with Gasteiger partial charge in [-0.25, -0.2) is 9.65 Å². The zero-order valence-electron chi connectivity index (χ0n) is 28.6. The minimum Gasteiger partial charge on any atom is -0.374 e. The molecule has 2 aromatic heterocycles. The van der Waals surface area contributed by atoms with Crippen LogP contribution in [0, 0.1) is 5.92 Å². The molecule has 1 unspecified atom stereocenters. The zero-order chi connectivity index (χ0) is 34.3. The molecule has 1 amide bonds. The fourth-order valence-electron chi connectivity index (χ4n) is 7.46. The SMILES string of the molecule is CC[C@H]1O[C@@H](n2cnc3c(=O)[nH]c(NC(=O)C(C)C)nc32)[C@@H](OC)C1O[P@@]1O[C@H](C[Si](C)(c2ccccc2)c2ccccc2)[C@@H]2CCCN21. The number of aromatic amines is 1. The molecule has 2 N–H and O–H groups in total. The average Bonchev–Trinajstić information content (AvgIpc) is 3.90. The number of carbonyl (C=O) groups is 1. The van der Waals surface area contributed by atoms with Crippen LogP contribution < -0.4 is 21.2 Å². The Labute approximate surface area is 288 Å². The molecule has 0 aliphatic carbocycles. The van der Waals surface area contributed by atoms with Crippen molar-refractivity contribution in [2.45, 2.75) is 89.3 Å². The number of fused-ring (bicyclic) bond motifs is 2. The molecule has 7 rings (SSSR count). The summed E-state index contributed by atoms with van der Waals surface area (Å²) in [5.74, 6) is -0.486. The van der Waals surface area contributed by atoms with Crippen molar-refractivity contribution in [1.29, 1.82) is 0 Å². The third-order valence-corrected chi connectivity index (χ3v) is 16.4. The average molecular weight is 705 g/mol. The molecule has 0 bridgehead atoms. The van der Waals surface area contributed by atoms with Crippen LogP contribution in [0.25, 0.3) is 11.2 Å². The lowest BCUT2D eigenvalue weighted by molar-refractivity contribution is -0.118. The molecule has 0 spiro atoms. The van der Waals surface area contributed by atoms with Crippen molar-refractivity contribution in [1.82, 2.24) is 24.2 Å². The maximum atomic E-state index is 12.9. The summed E-state index contributed by atoms with van der Waals surface area (Å²) in [6, 6.07) is 23.1. The van der Waals surface area contributed by atoms with Crippen molar-refractivity contribution in [3.8, 4) is 0 Å². The van der Waals surface area contributed by atoms with Gasteiger partial charge in [0.2, 0.25) is 11.9 Å². The minimum absolute atomic E-state index is 0.0397. The molecule has 260 valence electrons. The second kappa shape index (κ2) is 14.1. The number of ether oxygens (including phenoxy) is 2. The molecule has 2 aromatic carbocycles. The molecule has 3 aliphatic heterocycles. The van der Waals surface area contributed by atoms with E-state index in [1.165, 1.54) is 16.7 Å². The molecule has 49 heavy (non-hydrogen) atoms. The lowest BCUT2D eigenvalue weighted by atomic mass is 10.1. The molecular weight excluding hydrogens is 659 g/mol. The van der Waals surface area contributed by atoms with E-state index in [9.17, 15) is 9.59 Å². The topological polar surface area (TPSA) is 133 Å². The lowest BCUT2D eigenvalue weighted by Crippen LogP contribution is -2.58. The van der Waals surface area contributed by atoms with E-state index in [0.29, 0.717) is 12.1 Å². The van der Waals surface area contributed by atoms with Gasteiger partial charge in [0.1, 0.15) is 20.3 Å². The van der Waals surface area contributed by atoms with Crippen LogP contribution in [0.2, 0.25) is 12.6 Å². The molecule has 4 aromatic rings. The Bertz CT molecular complexity index is 1790. The molecule has 3 fully saturated rings. The molecular formula is C35H45N6O6PSi. The normalized spacial score (nSPS) is 27.3. The number of carbonyl (C=O) groups excluding carboxylic acids is 1. The quantitative estimate of drug-likeness (QED) is 0.172. The summed E-state index contributed by atoms with van der Waals surface area (Å²) in [6.45, 7) is 8.99. The van der Waals surface area contributed by atoms with Crippen molar-refractivity contribution >= 4 is 50.0 Å². The van der Waals surface area contributed by atoms with Gasteiger partial charge in [-0.05, 0) is 25.3 Å².